The van der Waals surface area contributed by atoms with Gasteiger partial charge in [0, 0.05) is 25.9 Å². The number of rotatable bonds is 6. The van der Waals surface area contributed by atoms with E-state index in [1.165, 1.54) is 24.1 Å². The van der Waals surface area contributed by atoms with Crippen molar-refractivity contribution in [3.05, 3.63) is 50.8 Å². The van der Waals surface area contributed by atoms with Crippen LogP contribution in [-0.4, -0.2) is 89.3 Å². The van der Waals surface area contributed by atoms with E-state index in [-0.39, 0.29) is 11.3 Å². The molecule has 186 valence electrons. The van der Waals surface area contributed by atoms with Crippen LogP contribution in [0.4, 0.5) is 5.82 Å². The van der Waals surface area contributed by atoms with Crippen LogP contribution in [0.1, 0.15) is 17.5 Å². The molecule has 4 heterocycles. The van der Waals surface area contributed by atoms with Gasteiger partial charge in [-0.3, -0.25) is 19.1 Å². The third-order valence-electron chi connectivity index (χ3n) is 5.62. The summed E-state index contributed by atoms with van der Waals surface area (Å²) in [6.07, 6.45) is 0.301. The van der Waals surface area contributed by atoms with Gasteiger partial charge < -0.3 is 35.3 Å². The smallest absolute Gasteiger partial charge is 0.325 e. The number of carbonyl (C=O) groups is 1. The molecule has 0 aromatic carbocycles. The minimum absolute atomic E-state index is 0.0211. The largest absolute Gasteiger partial charge is 0.393 e. The number of carbonyl (C=O) groups excluding carboxylic acids is 1. The van der Waals surface area contributed by atoms with Crippen molar-refractivity contribution in [3.63, 3.8) is 0 Å². The normalized spacial score (nSPS) is 24.3. The lowest BCUT2D eigenvalue weighted by Gasteiger charge is -2.30. The third-order valence-corrected chi connectivity index (χ3v) is 5.62. The number of imidazole rings is 1. The van der Waals surface area contributed by atoms with Crippen LogP contribution in [0.2, 0.25) is 0 Å². The number of nitrogens with one attached hydrogen (secondary N) is 3. The number of nitrogens with zero attached hydrogens (tertiary/aromatic N) is 5. The highest BCUT2D eigenvalue weighted by Crippen LogP contribution is 2.37. The van der Waals surface area contributed by atoms with Crippen LogP contribution >= 0.6 is 0 Å². The van der Waals surface area contributed by atoms with Crippen molar-refractivity contribution >= 4 is 29.0 Å². The number of anilines is 1. The second-order valence-electron chi connectivity index (χ2n) is 8.15. The minimum atomic E-state index is -2.40. The molecule has 1 aliphatic rings. The Morgan fingerprint density at radius 3 is 2.71 bits per heavy atom. The molecule has 4 atom stereocenters. The fourth-order valence-electron chi connectivity index (χ4n) is 3.87. The molecule has 0 radical (unpaired) electrons. The van der Waals surface area contributed by atoms with E-state index in [9.17, 15) is 29.7 Å². The van der Waals surface area contributed by atoms with E-state index in [1.54, 1.807) is 19.0 Å². The molecule has 3 aromatic heterocycles. The first kappa shape index (κ1) is 24.2. The molecule has 1 aliphatic heterocycles. The maximum atomic E-state index is 12.6. The molecule has 35 heavy (non-hydrogen) atoms. The van der Waals surface area contributed by atoms with Gasteiger partial charge in [-0.05, 0) is 13.0 Å². The van der Waals surface area contributed by atoms with E-state index in [2.05, 4.69) is 25.3 Å². The Morgan fingerprint density at radius 2 is 2.06 bits per heavy atom. The first-order valence-corrected chi connectivity index (χ1v) is 10.4. The summed E-state index contributed by atoms with van der Waals surface area (Å²) in [5.41, 5.74) is -2.84. The Bertz CT molecular complexity index is 1410. The van der Waals surface area contributed by atoms with Gasteiger partial charge in [0.1, 0.15) is 18.5 Å². The second-order valence-corrected chi connectivity index (χ2v) is 8.15. The molecule has 6 N–H and O–H groups in total. The van der Waals surface area contributed by atoms with E-state index < -0.39 is 47.9 Å². The first-order chi connectivity index (χ1) is 16.6. The van der Waals surface area contributed by atoms with Gasteiger partial charge in [-0.25, -0.2) is 19.7 Å². The van der Waals surface area contributed by atoms with Crippen LogP contribution in [0, 0.1) is 6.92 Å². The molecule has 4 unspecified atom stereocenters. The molecule has 15 nitrogen and oxygen atoms in total. The third kappa shape index (κ3) is 4.21. The van der Waals surface area contributed by atoms with Gasteiger partial charge in [0.25, 0.3) is 5.56 Å². The van der Waals surface area contributed by atoms with Gasteiger partial charge in [-0.2, -0.15) is 0 Å². The Hall–Kier alpha value is -3.92. The number of ether oxygens (including phenoxy) is 1. The number of H-pyrrole nitrogens is 2. The van der Waals surface area contributed by atoms with Crippen molar-refractivity contribution in [1.29, 1.82) is 0 Å². The van der Waals surface area contributed by atoms with Gasteiger partial charge in [0.15, 0.2) is 28.9 Å². The number of hydrogen-bond donors (Lipinski definition) is 6. The van der Waals surface area contributed by atoms with Gasteiger partial charge in [-0.15, -0.1) is 0 Å². The van der Waals surface area contributed by atoms with E-state index >= 15 is 0 Å². The Balaban J connectivity index is 1.61. The molecule has 1 fully saturated rings. The van der Waals surface area contributed by atoms with Crippen LogP contribution in [0.5, 0.6) is 0 Å². The zero-order valence-electron chi connectivity index (χ0n) is 19.0. The highest BCUT2D eigenvalue weighted by Gasteiger charge is 2.57. The lowest BCUT2D eigenvalue weighted by molar-refractivity contribution is -0.141. The molecule has 15 heteroatoms. The maximum absolute atomic E-state index is 12.6. The van der Waals surface area contributed by atoms with Gasteiger partial charge in [0.2, 0.25) is 5.91 Å². The number of fused-ring (bicyclic) bond motifs is 1. The average Bonchev–Trinajstić information content (AvgIpc) is 3.31. The number of amides is 1. The van der Waals surface area contributed by atoms with Crippen LogP contribution in [0.3, 0.4) is 0 Å². The second kappa shape index (κ2) is 9.03. The van der Waals surface area contributed by atoms with Crippen molar-refractivity contribution in [3.8, 4) is 0 Å². The molecule has 1 amide bonds. The van der Waals surface area contributed by atoms with Crippen molar-refractivity contribution < 1.29 is 24.9 Å². The molecule has 3 aromatic rings. The number of aromatic nitrogens is 6. The summed E-state index contributed by atoms with van der Waals surface area (Å²) >= 11 is 0. The first-order valence-electron chi connectivity index (χ1n) is 10.4. The summed E-state index contributed by atoms with van der Waals surface area (Å²) in [6.45, 7) is 0.737. The quantitative estimate of drug-likeness (QED) is 0.156. The predicted octanol–water partition coefficient (Wildman–Crippen LogP) is -2.65. The topological polar surface area (TPSA) is 212 Å². The minimum Gasteiger partial charge on any atom is -0.393 e. The van der Waals surface area contributed by atoms with Gasteiger partial charge in [-0.1, -0.05) is 0 Å². The predicted molar refractivity (Wildman–Crippen MR) is 121 cm³/mol. The standard InChI is InChI=1S/C20H24N8O7/c1-9-10(17(32)25-19(33)24-9)4-5-12(30)26-20(34)11(6-29)35-18(14(20)31)28-8-23-13-15(27(2)3)21-7-22-16(13)28/h4-5,7-8,11,14,18,29,31,34H,6H2,1-3H3,(H,26,30)(H2,24,25,32,33). The highest BCUT2D eigenvalue weighted by molar-refractivity contribution is 5.92. The molecule has 0 saturated carbocycles. The monoisotopic (exact) mass is 488 g/mol. The molecule has 0 spiro atoms. The summed E-state index contributed by atoms with van der Waals surface area (Å²) < 4.78 is 7.03. The lowest BCUT2D eigenvalue weighted by Crippen LogP contribution is -2.61. The number of aliphatic hydroxyl groups is 3. The Morgan fingerprint density at radius 1 is 1.31 bits per heavy atom. The summed E-state index contributed by atoms with van der Waals surface area (Å²) in [6, 6.07) is 0. The summed E-state index contributed by atoms with van der Waals surface area (Å²) in [5, 5.41) is 34.1. The zero-order chi connectivity index (χ0) is 25.5. The fourth-order valence-corrected chi connectivity index (χ4v) is 3.87. The Kier molecular flexibility index (Phi) is 6.25. The summed E-state index contributed by atoms with van der Waals surface area (Å²) in [7, 11) is 3.54. The fraction of sp³-hybridized carbons (Fsp3) is 0.400. The van der Waals surface area contributed by atoms with Crippen molar-refractivity contribution in [2.24, 2.45) is 0 Å². The zero-order valence-corrected chi connectivity index (χ0v) is 19.0. The summed E-state index contributed by atoms with van der Waals surface area (Å²) in [5.74, 6) is -0.381. The van der Waals surface area contributed by atoms with Crippen LogP contribution in [0.15, 0.2) is 28.3 Å². The number of aryl methyl sites for hydroxylation is 1. The molecular weight excluding hydrogens is 464 g/mol. The number of hydrogen-bond acceptors (Lipinski definition) is 11. The van der Waals surface area contributed by atoms with E-state index in [0.29, 0.717) is 17.0 Å². The Labute approximate surface area is 196 Å². The highest BCUT2D eigenvalue weighted by atomic mass is 16.6. The molecule has 4 rings (SSSR count). The molecular formula is C20H24N8O7. The van der Waals surface area contributed by atoms with E-state index in [0.717, 1.165) is 12.2 Å². The maximum Gasteiger partial charge on any atom is 0.325 e. The van der Waals surface area contributed by atoms with Crippen LogP contribution in [-0.2, 0) is 9.53 Å². The van der Waals surface area contributed by atoms with Gasteiger partial charge in [0.05, 0.1) is 18.5 Å². The van der Waals surface area contributed by atoms with Crippen molar-refractivity contribution in [2.75, 3.05) is 25.6 Å². The lowest BCUT2D eigenvalue weighted by atomic mass is 10.0. The van der Waals surface area contributed by atoms with E-state index in [1.807, 2.05) is 4.98 Å². The van der Waals surface area contributed by atoms with Crippen LogP contribution in [0.25, 0.3) is 17.2 Å². The van der Waals surface area contributed by atoms with Crippen molar-refractivity contribution in [2.45, 2.75) is 31.1 Å². The van der Waals surface area contributed by atoms with E-state index in [4.69, 9.17) is 4.74 Å². The SMILES string of the molecule is Cc1[nH]c(=O)[nH]c(=O)c1C=CC(=O)NC1(O)C(CO)OC(n2cnc3c(N(C)C)ncnc32)C1O. The number of aliphatic hydroxyl groups excluding tert-OH is 2. The molecule has 0 aliphatic carbocycles. The van der Waals surface area contributed by atoms with Crippen molar-refractivity contribution in [1.82, 2.24) is 34.8 Å². The molecule has 1 saturated heterocycles. The average molecular weight is 488 g/mol. The molecule has 0 bridgehead atoms. The van der Waals surface area contributed by atoms with Gasteiger partial charge >= 0.3 is 5.69 Å². The number of aromatic amines is 2. The van der Waals surface area contributed by atoms with Crippen LogP contribution < -0.4 is 21.5 Å². The summed E-state index contributed by atoms with van der Waals surface area (Å²) in [4.78, 5) is 54.6.